The summed E-state index contributed by atoms with van der Waals surface area (Å²) in [5.41, 5.74) is 6.56. The number of amides is 1. The van der Waals surface area contributed by atoms with Crippen LogP contribution in [0.2, 0.25) is 0 Å². The largest absolute Gasteiger partial charge is 0.345 e. The minimum Gasteiger partial charge on any atom is -0.345 e. The predicted molar refractivity (Wildman–Crippen MR) is 84.4 cm³/mol. The first kappa shape index (κ1) is 17.6. The standard InChI is InChI=1S/C17H27FN2O/c1-13(8-14-6-5-7-15(18)10-14)9-16(21)20(4)12-17(2,3)11-19/h5-7,10,13H,8-9,11-12,19H2,1-4H3. The van der Waals surface area contributed by atoms with Gasteiger partial charge in [0.1, 0.15) is 5.82 Å². The number of carbonyl (C=O) groups is 1. The molecule has 1 atom stereocenters. The van der Waals surface area contributed by atoms with Gasteiger partial charge >= 0.3 is 0 Å². The Balaban J connectivity index is 2.50. The lowest BCUT2D eigenvalue weighted by Crippen LogP contribution is -2.40. The molecular formula is C17H27FN2O. The summed E-state index contributed by atoms with van der Waals surface area (Å²) in [6.45, 7) is 7.31. The molecule has 1 aromatic carbocycles. The second kappa shape index (κ2) is 7.55. The number of carbonyl (C=O) groups excluding carboxylic acids is 1. The van der Waals surface area contributed by atoms with Crippen LogP contribution in [0, 0.1) is 17.2 Å². The molecule has 1 amide bonds. The molecule has 0 saturated carbocycles. The summed E-state index contributed by atoms with van der Waals surface area (Å²) in [6.07, 6.45) is 1.17. The Kier molecular flexibility index (Phi) is 6.34. The summed E-state index contributed by atoms with van der Waals surface area (Å²) in [5, 5.41) is 0. The van der Waals surface area contributed by atoms with E-state index in [4.69, 9.17) is 5.73 Å². The maximum atomic E-state index is 13.1. The van der Waals surface area contributed by atoms with E-state index in [2.05, 4.69) is 0 Å². The van der Waals surface area contributed by atoms with Gasteiger partial charge < -0.3 is 10.6 Å². The van der Waals surface area contributed by atoms with Crippen LogP contribution in [0.15, 0.2) is 24.3 Å². The fraction of sp³-hybridized carbons (Fsp3) is 0.588. The molecule has 1 unspecified atom stereocenters. The van der Waals surface area contributed by atoms with Crippen LogP contribution in [0.4, 0.5) is 4.39 Å². The normalized spacial score (nSPS) is 13.0. The highest BCUT2D eigenvalue weighted by atomic mass is 19.1. The third kappa shape index (κ3) is 6.25. The maximum absolute atomic E-state index is 13.1. The second-order valence-electron chi connectivity index (χ2n) is 6.76. The molecule has 0 fully saturated rings. The summed E-state index contributed by atoms with van der Waals surface area (Å²) in [6, 6.07) is 6.56. The Hall–Kier alpha value is -1.42. The summed E-state index contributed by atoms with van der Waals surface area (Å²) in [7, 11) is 1.81. The Morgan fingerprint density at radius 3 is 2.67 bits per heavy atom. The Morgan fingerprint density at radius 1 is 1.43 bits per heavy atom. The minimum absolute atomic E-state index is 0.0732. The molecule has 0 aromatic heterocycles. The van der Waals surface area contributed by atoms with Crippen molar-refractivity contribution in [1.29, 1.82) is 0 Å². The molecule has 1 rings (SSSR count). The molecule has 118 valence electrons. The maximum Gasteiger partial charge on any atom is 0.222 e. The van der Waals surface area contributed by atoms with Crippen molar-refractivity contribution in [3.8, 4) is 0 Å². The van der Waals surface area contributed by atoms with Crippen molar-refractivity contribution in [1.82, 2.24) is 4.90 Å². The van der Waals surface area contributed by atoms with Crippen LogP contribution in [-0.4, -0.2) is 30.9 Å². The van der Waals surface area contributed by atoms with Gasteiger partial charge in [-0.3, -0.25) is 4.79 Å². The van der Waals surface area contributed by atoms with Crippen LogP contribution in [0.25, 0.3) is 0 Å². The van der Waals surface area contributed by atoms with Gasteiger partial charge in [-0.25, -0.2) is 4.39 Å². The highest BCUT2D eigenvalue weighted by Gasteiger charge is 2.22. The molecule has 0 heterocycles. The summed E-state index contributed by atoms with van der Waals surface area (Å²) >= 11 is 0. The first-order valence-corrected chi connectivity index (χ1v) is 7.42. The van der Waals surface area contributed by atoms with Crippen molar-refractivity contribution in [2.45, 2.75) is 33.6 Å². The van der Waals surface area contributed by atoms with Gasteiger partial charge in [0.2, 0.25) is 5.91 Å². The van der Waals surface area contributed by atoms with Gasteiger partial charge in [-0.1, -0.05) is 32.9 Å². The van der Waals surface area contributed by atoms with E-state index in [1.54, 1.807) is 11.0 Å². The molecular weight excluding hydrogens is 267 g/mol. The first-order valence-electron chi connectivity index (χ1n) is 7.42. The van der Waals surface area contributed by atoms with E-state index in [9.17, 15) is 9.18 Å². The number of nitrogens with two attached hydrogens (primary N) is 1. The summed E-state index contributed by atoms with van der Waals surface area (Å²) < 4.78 is 13.1. The van der Waals surface area contributed by atoms with Crippen molar-refractivity contribution in [3.05, 3.63) is 35.6 Å². The Labute approximate surface area is 127 Å². The van der Waals surface area contributed by atoms with Crippen LogP contribution in [0.1, 0.15) is 32.8 Å². The molecule has 0 aliphatic carbocycles. The zero-order valence-corrected chi connectivity index (χ0v) is 13.5. The van der Waals surface area contributed by atoms with Gasteiger partial charge in [-0.2, -0.15) is 0 Å². The molecule has 0 aliphatic heterocycles. The molecule has 0 radical (unpaired) electrons. The van der Waals surface area contributed by atoms with Crippen LogP contribution >= 0.6 is 0 Å². The first-order chi connectivity index (χ1) is 9.73. The van der Waals surface area contributed by atoms with Crippen molar-refractivity contribution < 1.29 is 9.18 Å². The highest BCUT2D eigenvalue weighted by Crippen LogP contribution is 2.17. The van der Waals surface area contributed by atoms with Gasteiger partial charge in [0.05, 0.1) is 0 Å². The Bertz CT molecular complexity index is 474. The van der Waals surface area contributed by atoms with Crippen LogP contribution in [-0.2, 0) is 11.2 Å². The fourth-order valence-corrected chi connectivity index (χ4v) is 2.39. The van der Waals surface area contributed by atoms with Crippen LogP contribution < -0.4 is 5.73 Å². The van der Waals surface area contributed by atoms with Gasteiger partial charge in [0.15, 0.2) is 0 Å². The van der Waals surface area contributed by atoms with Crippen molar-refractivity contribution in [2.24, 2.45) is 17.1 Å². The third-order valence-corrected chi connectivity index (χ3v) is 3.64. The van der Waals surface area contributed by atoms with E-state index >= 15 is 0 Å². The average molecular weight is 294 g/mol. The topological polar surface area (TPSA) is 46.3 Å². The average Bonchev–Trinajstić information content (AvgIpc) is 2.38. The number of hydrogen-bond acceptors (Lipinski definition) is 2. The number of nitrogens with zero attached hydrogens (tertiary/aromatic N) is 1. The van der Waals surface area contributed by atoms with Crippen molar-refractivity contribution >= 4 is 5.91 Å². The molecule has 2 N–H and O–H groups in total. The molecule has 0 spiro atoms. The third-order valence-electron chi connectivity index (χ3n) is 3.64. The zero-order chi connectivity index (χ0) is 16.0. The van der Waals surface area contributed by atoms with Gasteiger partial charge in [0, 0.05) is 20.0 Å². The van der Waals surface area contributed by atoms with Crippen molar-refractivity contribution in [2.75, 3.05) is 20.1 Å². The van der Waals surface area contributed by atoms with Gasteiger partial charge in [0.25, 0.3) is 0 Å². The van der Waals surface area contributed by atoms with E-state index in [0.717, 1.165) is 5.56 Å². The molecule has 0 bridgehead atoms. The second-order valence-corrected chi connectivity index (χ2v) is 6.76. The number of rotatable bonds is 7. The molecule has 0 aliphatic rings. The lowest BCUT2D eigenvalue weighted by atomic mass is 9.92. The molecule has 3 nitrogen and oxygen atoms in total. The van der Waals surface area contributed by atoms with Gasteiger partial charge in [-0.05, 0) is 42.0 Å². The van der Waals surface area contributed by atoms with E-state index in [1.165, 1.54) is 12.1 Å². The number of halogens is 1. The monoisotopic (exact) mass is 294 g/mol. The predicted octanol–water partition coefficient (Wildman–Crippen LogP) is 2.84. The smallest absolute Gasteiger partial charge is 0.222 e. The SMILES string of the molecule is CC(CC(=O)N(C)CC(C)(C)CN)Cc1cccc(F)c1. The molecule has 21 heavy (non-hydrogen) atoms. The number of hydrogen-bond donors (Lipinski definition) is 1. The zero-order valence-electron chi connectivity index (χ0n) is 13.5. The molecule has 1 aromatic rings. The quantitative estimate of drug-likeness (QED) is 0.840. The molecule has 4 heteroatoms. The fourth-order valence-electron chi connectivity index (χ4n) is 2.39. The molecule has 0 saturated heterocycles. The summed E-state index contributed by atoms with van der Waals surface area (Å²) in [5.74, 6) is 0.0657. The summed E-state index contributed by atoms with van der Waals surface area (Å²) in [4.78, 5) is 14.0. The van der Waals surface area contributed by atoms with E-state index in [-0.39, 0.29) is 23.1 Å². The number of benzene rings is 1. The van der Waals surface area contributed by atoms with Crippen LogP contribution in [0.5, 0.6) is 0 Å². The van der Waals surface area contributed by atoms with E-state index in [0.29, 0.717) is 25.9 Å². The van der Waals surface area contributed by atoms with Crippen LogP contribution in [0.3, 0.4) is 0 Å². The van der Waals surface area contributed by atoms with Gasteiger partial charge in [-0.15, -0.1) is 0 Å². The van der Waals surface area contributed by atoms with Crippen molar-refractivity contribution in [3.63, 3.8) is 0 Å². The van der Waals surface area contributed by atoms with E-state index < -0.39 is 0 Å². The van der Waals surface area contributed by atoms with E-state index in [1.807, 2.05) is 33.9 Å². The Morgan fingerprint density at radius 2 is 2.10 bits per heavy atom. The lowest BCUT2D eigenvalue weighted by molar-refractivity contribution is -0.131. The minimum atomic E-state index is -0.229. The lowest BCUT2D eigenvalue weighted by Gasteiger charge is -2.29. The highest BCUT2D eigenvalue weighted by molar-refractivity contribution is 5.76.